The van der Waals surface area contributed by atoms with E-state index >= 15 is 0 Å². The maximum atomic E-state index is 2.32. The molecule has 0 bridgehead atoms. The Bertz CT molecular complexity index is 2850. The summed E-state index contributed by atoms with van der Waals surface area (Å²) in [4.78, 5) is 0. The molecule has 274 valence electrons. The molecule has 0 aliphatic carbocycles. The summed E-state index contributed by atoms with van der Waals surface area (Å²) in [6.45, 7) is 4.37. The molecule has 0 heterocycles. The second-order valence-electron chi connectivity index (χ2n) is 15.3. The molecule has 10 rings (SSSR count). The summed E-state index contributed by atoms with van der Waals surface area (Å²) < 4.78 is 0. The van der Waals surface area contributed by atoms with Gasteiger partial charge in [0.05, 0.1) is 0 Å². The lowest BCUT2D eigenvalue weighted by atomic mass is 9.81. The van der Waals surface area contributed by atoms with E-state index in [0.29, 0.717) is 0 Å². The van der Waals surface area contributed by atoms with Gasteiger partial charge >= 0.3 is 0 Å². The van der Waals surface area contributed by atoms with E-state index in [1.807, 2.05) is 0 Å². The second kappa shape index (κ2) is 15.0. The molecule has 0 atom stereocenters. The summed E-state index contributed by atoms with van der Waals surface area (Å²) in [6, 6.07) is 75.4. The van der Waals surface area contributed by atoms with Gasteiger partial charge in [-0.15, -0.1) is 0 Å². The highest BCUT2D eigenvalue weighted by atomic mass is 14.2. The van der Waals surface area contributed by atoms with Crippen molar-refractivity contribution >= 4 is 66.4 Å². The second-order valence-corrected chi connectivity index (χ2v) is 15.3. The smallest absolute Gasteiger partial charge is 0.00139 e. The monoisotopic (exact) mass is 738 g/mol. The van der Waals surface area contributed by atoms with Crippen molar-refractivity contribution in [1.29, 1.82) is 0 Å². The summed E-state index contributed by atoms with van der Waals surface area (Å²) in [5.41, 5.74) is 14.9. The van der Waals surface area contributed by atoms with Crippen LogP contribution in [0, 0.1) is 0 Å². The quantitative estimate of drug-likeness (QED) is 0.113. The standard InChI is InChI=1S/C58H42/c1-39(43-17-5-3-6-18-43)37-41-29-33-45(34-30-41)55-47-21-9-13-25-51(47)57(52-26-14-10-22-48(52)55)58-53-27-15-11-23-49(53)56(50-24-12-16-28-54(50)58)46-35-31-42(32-36-46)38-40(2)44-19-7-4-8-20-44/h3-38H,1-2H3. The van der Waals surface area contributed by atoms with Crippen molar-refractivity contribution in [2.45, 2.75) is 13.8 Å². The molecular formula is C58H42. The molecule has 0 radical (unpaired) electrons. The van der Waals surface area contributed by atoms with Crippen molar-refractivity contribution < 1.29 is 0 Å². The first-order valence-electron chi connectivity index (χ1n) is 20.2. The largest absolute Gasteiger partial charge is 0.0622 e. The number of benzene rings is 10. The van der Waals surface area contributed by atoms with Crippen LogP contribution in [0.2, 0.25) is 0 Å². The molecule has 0 spiro atoms. The fraction of sp³-hybridized carbons (Fsp3) is 0.0345. The number of rotatable bonds is 7. The first-order valence-corrected chi connectivity index (χ1v) is 20.2. The Labute approximate surface area is 340 Å². The molecule has 0 heteroatoms. The zero-order valence-corrected chi connectivity index (χ0v) is 32.8. The van der Waals surface area contributed by atoms with E-state index in [0.717, 1.165) is 0 Å². The maximum Gasteiger partial charge on any atom is -0.00139 e. The van der Waals surface area contributed by atoms with Gasteiger partial charge in [0.2, 0.25) is 0 Å². The van der Waals surface area contributed by atoms with E-state index < -0.39 is 0 Å². The molecule has 0 aliphatic rings. The van der Waals surface area contributed by atoms with E-state index in [2.05, 4.69) is 232 Å². The van der Waals surface area contributed by atoms with Crippen molar-refractivity contribution in [2.75, 3.05) is 0 Å². The molecule has 0 N–H and O–H groups in total. The summed E-state index contributed by atoms with van der Waals surface area (Å²) in [7, 11) is 0. The van der Waals surface area contributed by atoms with Gasteiger partial charge in [-0.3, -0.25) is 0 Å². The van der Waals surface area contributed by atoms with Crippen LogP contribution in [0.25, 0.3) is 99.8 Å². The minimum atomic E-state index is 1.20. The van der Waals surface area contributed by atoms with Gasteiger partial charge in [-0.2, -0.15) is 0 Å². The molecule has 10 aromatic carbocycles. The molecular weight excluding hydrogens is 697 g/mol. The molecule has 0 aliphatic heterocycles. The van der Waals surface area contributed by atoms with Gasteiger partial charge in [0.1, 0.15) is 0 Å². The predicted molar refractivity (Wildman–Crippen MR) is 253 cm³/mol. The van der Waals surface area contributed by atoms with Crippen molar-refractivity contribution in [3.05, 3.63) is 229 Å². The summed E-state index contributed by atoms with van der Waals surface area (Å²) in [6.07, 6.45) is 4.55. The number of hydrogen-bond acceptors (Lipinski definition) is 0. The normalized spacial score (nSPS) is 12.2. The van der Waals surface area contributed by atoms with Gasteiger partial charge < -0.3 is 0 Å². The van der Waals surface area contributed by atoms with Crippen LogP contribution in [0.1, 0.15) is 36.1 Å². The zero-order chi connectivity index (χ0) is 39.0. The minimum absolute atomic E-state index is 1.20. The summed E-state index contributed by atoms with van der Waals surface area (Å²) in [5, 5.41) is 10.1. The van der Waals surface area contributed by atoms with Gasteiger partial charge in [-0.05, 0) is 124 Å². The van der Waals surface area contributed by atoms with Gasteiger partial charge in [0.25, 0.3) is 0 Å². The van der Waals surface area contributed by atoms with Crippen LogP contribution in [0.4, 0.5) is 0 Å². The summed E-state index contributed by atoms with van der Waals surface area (Å²) in [5.74, 6) is 0. The third-order valence-electron chi connectivity index (χ3n) is 11.7. The Morgan fingerprint density at radius 1 is 0.259 bits per heavy atom. The average molecular weight is 739 g/mol. The number of fused-ring (bicyclic) bond motifs is 4. The highest BCUT2D eigenvalue weighted by molar-refractivity contribution is 6.30. The van der Waals surface area contributed by atoms with Gasteiger partial charge in [-0.1, -0.05) is 218 Å². The fourth-order valence-electron chi connectivity index (χ4n) is 8.98. The lowest BCUT2D eigenvalue weighted by molar-refractivity contribution is 1.57. The number of hydrogen-bond donors (Lipinski definition) is 0. The van der Waals surface area contributed by atoms with Gasteiger partial charge in [0, 0.05) is 0 Å². The van der Waals surface area contributed by atoms with Gasteiger partial charge in [0.15, 0.2) is 0 Å². The zero-order valence-electron chi connectivity index (χ0n) is 32.8. The van der Waals surface area contributed by atoms with Crippen molar-refractivity contribution in [3.8, 4) is 33.4 Å². The fourth-order valence-corrected chi connectivity index (χ4v) is 8.98. The molecule has 58 heavy (non-hydrogen) atoms. The minimum Gasteiger partial charge on any atom is -0.0622 e. The first-order chi connectivity index (χ1) is 28.6. The van der Waals surface area contributed by atoms with E-state index in [9.17, 15) is 0 Å². The average Bonchev–Trinajstić information content (AvgIpc) is 3.29. The van der Waals surface area contributed by atoms with E-state index in [1.165, 1.54) is 110 Å². The SMILES string of the molecule is CC(=Cc1ccc(-c2c3ccccc3c(-c3c4ccccc4c(-c4ccc(C=C(C)c5ccccc5)cc4)c4ccccc34)c3ccccc23)cc1)c1ccccc1. The van der Waals surface area contributed by atoms with Crippen molar-refractivity contribution in [3.63, 3.8) is 0 Å². The third kappa shape index (κ3) is 6.30. The molecule has 0 fully saturated rings. The topological polar surface area (TPSA) is 0 Å². The Hall–Kier alpha value is -7.28. The van der Waals surface area contributed by atoms with Crippen molar-refractivity contribution in [2.24, 2.45) is 0 Å². The van der Waals surface area contributed by atoms with Crippen LogP contribution >= 0.6 is 0 Å². The molecule has 0 amide bonds. The molecule has 0 saturated carbocycles. The van der Waals surface area contributed by atoms with Crippen LogP contribution in [-0.2, 0) is 0 Å². The Morgan fingerprint density at radius 3 is 0.776 bits per heavy atom. The van der Waals surface area contributed by atoms with Crippen LogP contribution < -0.4 is 0 Å². The molecule has 0 aromatic heterocycles. The Kier molecular flexibility index (Phi) is 9.09. The summed E-state index contributed by atoms with van der Waals surface area (Å²) >= 11 is 0. The molecule has 0 unspecified atom stereocenters. The molecule has 0 saturated heterocycles. The van der Waals surface area contributed by atoms with E-state index in [1.54, 1.807) is 0 Å². The molecule has 0 nitrogen and oxygen atoms in total. The van der Waals surface area contributed by atoms with Crippen LogP contribution in [0.3, 0.4) is 0 Å². The van der Waals surface area contributed by atoms with E-state index in [4.69, 9.17) is 0 Å². The van der Waals surface area contributed by atoms with Crippen molar-refractivity contribution in [1.82, 2.24) is 0 Å². The third-order valence-corrected chi connectivity index (χ3v) is 11.7. The predicted octanol–water partition coefficient (Wildman–Crippen LogP) is 16.4. The Balaban J connectivity index is 1.16. The highest BCUT2D eigenvalue weighted by Gasteiger charge is 2.22. The lowest BCUT2D eigenvalue weighted by Gasteiger charge is -2.22. The number of allylic oxidation sites excluding steroid dienone is 2. The Morgan fingerprint density at radius 2 is 0.500 bits per heavy atom. The highest BCUT2D eigenvalue weighted by Crippen LogP contribution is 2.50. The van der Waals surface area contributed by atoms with Gasteiger partial charge in [-0.25, -0.2) is 0 Å². The maximum absolute atomic E-state index is 2.32. The van der Waals surface area contributed by atoms with Crippen LogP contribution in [0.5, 0.6) is 0 Å². The van der Waals surface area contributed by atoms with E-state index in [-0.39, 0.29) is 0 Å². The lowest BCUT2D eigenvalue weighted by Crippen LogP contribution is -1.94. The first kappa shape index (κ1) is 35.2. The van der Waals surface area contributed by atoms with Crippen LogP contribution in [-0.4, -0.2) is 0 Å². The molecule has 10 aromatic rings. The van der Waals surface area contributed by atoms with Crippen LogP contribution in [0.15, 0.2) is 206 Å².